The predicted octanol–water partition coefficient (Wildman–Crippen LogP) is 2.85. The third-order valence-corrected chi connectivity index (χ3v) is 2.79. The van der Waals surface area contributed by atoms with Gasteiger partial charge in [0.1, 0.15) is 0 Å². The van der Waals surface area contributed by atoms with Crippen molar-refractivity contribution in [3.8, 4) is 0 Å². The molecule has 1 heterocycles. The molecule has 0 atom stereocenters. The number of nitrogens with one attached hydrogen (secondary N) is 2. The Balaban J connectivity index is 2.11. The normalized spacial score (nSPS) is 16.0. The van der Waals surface area contributed by atoms with Crippen molar-refractivity contribution in [2.45, 2.75) is 58.7 Å². The average Bonchev–Trinajstić information content (AvgIpc) is 2.97. The molecule has 2 rings (SSSR count). The minimum Gasteiger partial charge on any atom is -0.380 e. The molecule has 3 heteroatoms. The maximum Gasteiger partial charge on any atom is 0.0423 e. The van der Waals surface area contributed by atoms with E-state index < -0.39 is 0 Å². The SMILES string of the molecule is Cc1cc(NC(C)(C)C)c(CNC2CC2)cn1. The molecule has 1 saturated carbocycles. The first-order valence-corrected chi connectivity index (χ1v) is 6.41. The highest BCUT2D eigenvalue weighted by atomic mass is 15.0. The van der Waals surface area contributed by atoms with E-state index in [9.17, 15) is 0 Å². The van der Waals surface area contributed by atoms with Crippen LogP contribution in [0.15, 0.2) is 12.3 Å². The number of pyridine rings is 1. The molecule has 0 unspecified atom stereocenters. The van der Waals surface area contributed by atoms with Gasteiger partial charge in [-0.2, -0.15) is 0 Å². The molecule has 0 aliphatic heterocycles. The summed E-state index contributed by atoms with van der Waals surface area (Å²) in [4.78, 5) is 4.39. The van der Waals surface area contributed by atoms with E-state index in [1.165, 1.54) is 24.1 Å². The highest BCUT2D eigenvalue weighted by Crippen LogP contribution is 2.23. The lowest BCUT2D eigenvalue weighted by Crippen LogP contribution is -2.27. The highest BCUT2D eigenvalue weighted by molar-refractivity contribution is 5.52. The van der Waals surface area contributed by atoms with Crippen molar-refractivity contribution < 1.29 is 0 Å². The zero-order valence-electron chi connectivity index (χ0n) is 11.3. The number of rotatable bonds is 4. The Morgan fingerprint density at radius 1 is 1.35 bits per heavy atom. The summed E-state index contributed by atoms with van der Waals surface area (Å²) in [6, 6.07) is 2.87. The fourth-order valence-electron chi connectivity index (χ4n) is 1.79. The standard InChI is InChI=1S/C14H23N3/c1-10-7-13(17-14(2,3)4)11(8-15-10)9-16-12-5-6-12/h7-8,12,16H,5-6,9H2,1-4H3,(H,15,17). The number of aryl methyl sites for hydroxylation is 1. The van der Waals surface area contributed by atoms with Gasteiger partial charge in [0, 0.05) is 41.3 Å². The molecule has 3 nitrogen and oxygen atoms in total. The van der Waals surface area contributed by atoms with Gasteiger partial charge < -0.3 is 10.6 Å². The monoisotopic (exact) mass is 233 g/mol. The van der Waals surface area contributed by atoms with Crippen molar-refractivity contribution in [3.05, 3.63) is 23.5 Å². The van der Waals surface area contributed by atoms with Gasteiger partial charge in [0.15, 0.2) is 0 Å². The van der Waals surface area contributed by atoms with Crippen molar-refractivity contribution in [3.63, 3.8) is 0 Å². The van der Waals surface area contributed by atoms with Crippen LogP contribution in [0.3, 0.4) is 0 Å². The first-order chi connectivity index (χ1) is 7.94. The summed E-state index contributed by atoms with van der Waals surface area (Å²) in [6.07, 6.45) is 4.63. The minimum absolute atomic E-state index is 0.0854. The number of nitrogens with zero attached hydrogens (tertiary/aromatic N) is 1. The summed E-state index contributed by atoms with van der Waals surface area (Å²) in [6.45, 7) is 9.49. The molecule has 0 bridgehead atoms. The molecule has 17 heavy (non-hydrogen) atoms. The van der Waals surface area contributed by atoms with Gasteiger partial charge in [0.05, 0.1) is 0 Å². The summed E-state index contributed by atoms with van der Waals surface area (Å²) in [5.74, 6) is 0. The van der Waals surface area contributed by atoms with E-state index in [-0.39, 0.29) is 5.54 Å². The van der Waals surface area contributed by atoms with Crippen LogP contribution in [0, 0.1) is 6.92 Å². The van der Waals surface area contributed by atoms with Gasteiger partial charge in [-0.25, -0.2) is 0 Å². The maximum atomic E-state index is 4.39. The average molecular weight is 233 g/mol. The molecule has 0 saturated heterocycles. The van der Waals surface area contributed by atoms with Gasteiger partial charge in [-0.15, -0.1) is 0 Å². The molecule has 1 aromatic rings. The smallest absolute Gasteiger partial charge is 0.0423 e. The van der Waals surface area contributed by atoms with Crippen molar-refractivity contribution in [1.29, 1.82) is 0 Å². The lowest BCUT2D eigenvalue weighted by Gasteiger charge is -2.24. The molecule has 1 aromatic heterocycles. The molecule has 1 aliphatic carbocycles. The second-order valence-corrected chi connectivity index (χ2v) is 6.01. The van der Waals surface area contributed by atoms with Crippen molar-refractivity contribution in [1.82, 2.24) is 10.3 Å². The molecule has 0 spiro atoms. The molecule has 1 fully saturated rings. The van der Waals surface area contributed by atoms with Crippen LogP contribution in [0.1, 0.15) is 44.9 Å². The number of aromatic nitrogens is 1. The van der Waals surface area contributed by atoms with Gasteiger partial charge in [-0.05, 0) is 46.6 Å². The van der Waals surface area contributed by atoms with E-state index in [4.69, 9.17) is 0 Å². The summed E-state index contributed by atoms with van der Waals surface area (Å²) in [5, 5.41) is 7.09. The molecule has 0 amide bonds. The van der Waals surface area contributed by atoms with E-state index in [0.29, 0.717) is 0 Å². The van der Waals surface area contributed by atoms with Gasteiger partial charge >= 0.3 is 0 Å². The second-order valence-electron chi connectivity index (χ2n) is 6.01. The quantitative estimate of drug-likeness (QED) is 0.839. The van der Waals surface area contributed by atoms with E-state index >= 15 is 0 Å². The van der Waals surface area contributed by atoms with Crippen molar-refractivity contribution >= 4 is 5.69 Å². The minimum atomic E-state index is 0.0854. The molecular formula is C14H23N3. The zero-order chi connectivity index (χ0) is 12.5. The van der Waals surface area contributed by atoms with Crippen LogP contribution < -0.4 is 10.6 Å². The van der Waals surface area contributed by atoms with Gasteiger partial charge in [0.2, 0.25) is 0 Å². The third kappa shape index (κ3) is 4.00. The van der Waals surface area contributed by atoms with Gasteiger partial charge in [-0.3, -0.25) is 4.98 Å². The highest BCUT2D eigenvalue weighted by Gasteiger charge is 2.21. The molecule has 0 radical (unpaired) electrons. The van der Waals surface area contributed by atoms with Crippen molar-refractivity contribution in [2.75, 3.05) is 5.32 Å². The molecule has 0 aromatic carbocycles. The predicted molar refractivity (Wildman–Crippen MR) is 72.2 cm³/mol. The molecule has 2 N–H and O–H groups in total. The Kier molecular flexibility index (Phi) is 3.38. The lowest BCUT2D eigenvalue weighted by atomic mass is 10.1. The molecule has 1 aliphatic rings. The fourth-order valence-corrected chi connectivity index (χ4v) is 1.79. The van der Waals surface area contributed by atoms with Crippen molar-refractivity contribution in [2.24, 2.45) is 0 Å². The Labute approximate surface area is 104 Å². The van der Waals surface area contributed by atoms with Crippen LogP contribution in [0.25, 0.3) is 0 Å². The topological polar surface area (TPSA) is 37.0 Å². The second kappa shape index (κ2) is 4.65. The van der Waals surface area contributed by atoms with Gasteiger partial charge in [-0.1, -0.05) is 0 Å². The first kappa shape index (κ1) is 12.4. The molecular weight excluding hydrogens is 210 g/mol. The summed E-state index contributed by atoms with van der Waals surface area (Å²) < 4.78 is 0. The van der Waals surface area contributed by atoms with Crippen LogP contribution in [0.5, 0.6) is 0 Å². The number of hydrogen-bond acceptors (Lipinski definition) is 3. The Bertz CT molecular complexity index is 389. The van der Waals surface area contributed by atoms with Crippen LogP contribution >= 0.6 is 0 Å². The summed E-state index contributed by atoms with van der Waals surface area (Å²) in [7, 11) is 0. The van der Waals surface area contributed by atoms with E-state index in [1.54, 1.807) is 0 Å². The van der Waals surface area contributed by atoms with Gasteiger partial charge in [0.25, 0.3) is 0 Å². The van der Waals surface area contributed by atoms with Crippen LogP contribution in [0.4, 0.5) is 5.69 Å². The van der Waals surface area contributed by atoms with E-state index in [1.807, 2.05) is 13.1 Å². The van der Waals surface area contributed by atoms with Crippen LogP contribution in [-0.4, -0.2) is 16.6 Å². The van der Waals surface area contributed by atoms with Crippen LogP contribution in [-0.2, 0) is 6.54 Å². The first-order valence-electron chi connectivity index (χ1n) is 6.41. The molecule has 94 valence electrons. The number of hydrogen-bond donors (Lipinski definition) is 2. The zero-order valence-corrected chi connectivity index (χ0v) is 11.3. The number of anilines is 1. The summed E-state index contributed by atoms with van der Waals surface area (Å²) in [5.41, 5.74) is 3.62. The van der Waals surface area contributed by atoms with Crippen LogP contribution in [0.2, 0.25) is 0 Å². The maximum absolute atomic E-state index is 4.39. The largest absolute Gasteiger partial charge is 0.380 e. The Morgan fingerprint density at radius 2 is 2.06 bits per heavy atom. The van der Waals surface area contributed by atoms with E-state index in [0.717, 1.165) is 18.3 Å². The lowest BCUT2D eigenvalue weighted by molar-refractivity contribution is 0.628. The summed E-state index contributed by atoms with van der Waals surface area (Å²) >= 11 is 0. The Hall–Kier alpha value is -1.09. The Morgan fingerprint density at radius 3 is 2.65 bits per heavy atom. The third-order valence-electron chi connectivity index (χ3n) is 2.79. The van der Waals surface area contributed by atoms with E-state index in [2.05, 4.69) is 42.5 Å². The fraction of sp³-hybridized carbons (Fsp3) is 0.643.